The van der Waals surface area contributed by atoms with Crippen molar-refractivity contribution in [3.8, 4) is 17.2 Å². The summed E-state index contributed by atoms with van der Waals surface area (Å²) in [7, 11) is 1.30. The zero-order valence-electron chi connectivity index (χ0n) is 15.4. The second kappa shape index (κ2) is 7.95. The largest absolute Gasteiger partial charge is 0.493 e. The molecule has 2 aromatic rings. The summed E-state index contributed by atoms with van der Waals surface area (Å²) in [5.74, 6) is 0.973. The maximum atomic E-state index is 12.6. The first kappa shape index (κ1) is 18.5. The van der Waals surface area contributed by atoms with Crippen molar-refractivity contribution < 1.29 is 28.5 Å². The number of hydrogen-bond donors (Lipinski definition) is 0. The molecule has 0 spiro atoms. The Balaban J connectivity index is 1.84. The highest BCUT2D eigenvalue weighted by Gasteiger charge is 2.28. The highest BCUT2D eigenvalue weighted by atomic mass is 16.6. The molecule has 1 aliphatic heterocycles. The number of hydrogen-bond acceptors (Lipinski definition) is 6. The molecule has 0 saturated heterocycles. The molecule has 6 nitrogen and oxygen atoms in total. The number of carbonyl (C=O) groups excluding carboxylic acids is 2. The Hall–Kier alpha value is -3.28. The van der Waals surface area contributed by atoms with E-state index in [1.54, 1.807) is 31.2 Å². The van der Waals surface area contributed by atoms with E-state index >= 15 is 0 Å². The first-order valence-electron chi connectivity index (χ1n) is 8.58. The van der Waals surface area contributed by atoms with Crippen LogP contribution in [-0.4, -0.2) is 31.6 Å². The van der Waals surface area contributed by atoms with E-state index in [0.717, 1.165) is 5.56 Å². The van der Waals surface area contributed by atoms with Crippen molar-refractivity contribution >= 4 is 17.8 Å². The highest BCUT2D eigenvalue weighted by Crippen LogP contribution is 2.36. The molecule has 1 unspecified atom stereocenters. The van der Waals surface area contributed by atoms with Crippen molar-refractivity contribution in [1.29, 1.82) is 0 Å². The van der Waals surface area contributed by atoms with Crippen molar-refractivity contribution in [2.45, 2.75) is 20.0 Å². The molecule has 0 saturated carbocycles. The van der Waals surface area contributed by atoms with Crippen LogP contribution in [0.3, 0.4) is 0 Å². The quantitative estimate of drug-likeness (QED) is 0.573. The van der Waals surface area contributed by atoms with Gasteiger partial charge in [0.25, 0.3) is 0 Å². The summed E-state index contributed by atoms with van der Waals surface area (Å²) in [6, 6.07) is 12.2. The molecule has 0 fully saturated rings. The summed E-state index contributed by atoms with van der Waals surface area (Å²) in [6.45, 7) is 4.00. The smallest absolute Gasteiger partial charge is 0.346 e. The zero-order valence-corrected chi connectivity index (χ0v) is 15.4. The summed E-state index contributed by atoms with van der Waals surface area (Å²) in [5, 5.41) is 0. The number of benzene rings is 2. The van der Waals surface area contributed by atoms with Crippen LogP contribution in [0.1, 0.15) is 29.8 Å². The molecule has 0 aliphatic carbocycles. The summed E-state index contributed by atoms with van der Waals surface area (Å²) >= 11 is 0. The minimum absolute atomic E-state index is 0.204. The van der Waals surface area contributed by atoms with Gasteiger partial charge in [0.2, 0.25) is 5.78 Å². The standard InChI is InChI=1S/C21H20O6/c1-4-25-17-8-6-5-7-14(17)11-19-20(22)16-10-9-15(12-18(16)27-19)26-13(2)21(23)24-3/h5-13H,4H2,1-3H3. The van der Waals surface area contributed by atoms with Gasteiger partial charge in [-0.3, -0.25) is 4.79 Å². The topological polar surface area (TPSA) is 71.1 Å². The summed E-state index contributed by atoms with van der Waals surface area (Å²) in [6.07, 6.45) is 0.892. The minimum atomic E-state index is -0.766. The SMILES string of the molecule is CCOc1ccccc1C=C1Oc2cc(OC(C)C(=O)OC)ccc2C1=O. The molecule has 1 atom stereocenters. The lowest BCUT2D eigenvalue weighted by molar-refractivity contribution is -0.147. The van der Waals surface area contributed by atoms with Crippen molar-refractivity contribution in [2.24, 2.45) is 0 Å². The van der Waals surface area contributed by atoms with E-state index in [9.17, 15) is 9.59 Å². The Bertz CT molecular complexity index is 899. The molecule has 1 heterocycles. The van der Waals surface area contributed by atoms with Crippen LogP contribution in [0.5, 0.6) is 17.2 Å². The van der Waals surface area contributed by atoms with E-state index in [2.05, 4.69) is 4.74 Å². The fourth-order valence-corrected chi connectivity index (χ4v) is 2.69. The third-order valence-corrected chi connectivity index (χ3v) is 3.99. The lowest BCUT2D eigenvalue weighted by Crippen LogP contribution is -2.24. The Morgan fingerprint density at radius 2 is 2.00 bits per heavy atom. The van der Waals surface area contributed by atoms with Gasteiger partial charge in [-0.25, -0.2) is 4.79 Å². The molecule has 2 aromatic carbocycles. The lowest BCUT2D eigenvalue weighted by Gasteiger charge is -2.12. The molecule has 0 N–H and O–H groups in total. The number of fused-ring (bicyclic) bond motifs is 1. The van der Waals surface area contributed by atoms with Crippen molar-refractivity contribution in [3.05, 3.63) is 59.4 Å². The molecule has 0 aromatic heterocycles. The van der Waals surface area contributed by atoms with Crippen LogP contribution in [0.4, 0.5) is 0 Å². The van der Waals surface area contributed by atoms with E-state index in [1.165, 1.54) is 7.11 Å². The molecule has 140 valence electrons. The van der Waals surface area contributed by atoms with Crippen LogP contribution >= 0.6 is 0 Å². The van der Waals surface area contributed by atoms with Crippen LogP contribution in [-0.2, 0) is 9.53 Å². The maximum Gasteiger partial charge on any atom is 0.346 e. The van der Waals surface area contributed by atoms with Gasteiger partial charge < -0.3 is 18.9 Å². The van der Waals surface area contributed by atoms with Gasteiger partial charge in [0, 0.05) is 11.6 Å². The predicted molar refractivity (Wildman–Crippen MR) is 99.1 cm³/mol. The molecule has 0 amide bonds. The number of methoxy groups -OCH3 is 1. The van der Waals surface area contributed by atoms with Crippen LogP contribution in [0, 0.1) is 0 Å². The van der Waals surface area contributed by atoms with Gasteiger partial charge in [0.1, 0.15) is 17.2 Å². The van der Waals surface area contributed by atoms with Crippen LogP contribution < -0.4 is 14.2 Å². The van der Waals surface area contributed by atoms with Gasteiger partial charge in [0.05, 0.1) is 19.3 Å². The lowest BCUT2D eigenvalue weighted by atomic mass is 10.1. The molecule has 27 heavy (non-hydrogen) atoms. The first-order valence-corrected chi connectivity index (χ1v) is 8.58. The Morgan fingerprint density at radius 1 is 1.22 bits per heavy atom. The van der Waals surface area contributed by atoms with Crippen molar-refractivity contribution in [3.63, 3.8) is 0 Å². The van der Waals surface area contributed by atoms with Gasteiger partial charge in [-0.05, 0) is 38.1 Å². The summed E-state index contributed by atoms with van der Waals surface area (Å²) in [5.41, 5.74) is 1.19. The number of Topliss-reactive ketones (excluding diaryl/α,β-unsaturated/α-hetero) is 1. The van der Waals surface area contributed by atoms with Gasteiger partial charge in [0.15, 0.2) is 11.9 Å². The number of esters is 1. The summed E-state index contributed by atoms with van der Waals surface area (Å²) in [4.78, 5) is 24.1. The van der Waals surface area contributed by atoms with Crippen molar-refractivity contribution in [1.82, 2.24) is 0 Å². The van der Waals surface area contributed by atoms with Crippen molar-refractivity contribution in [2.75, 3.05) is 13.7 Å². The maximum absolute atomic E-state index is 12.6. The minimum Gasteiger partial charge on any atom is -0.493 e. The fourth-order valence-electron chi connectivity index (χ4n) is 2.69. The van der Waals surface area contributed by atoms with Gasteiger partial charge in [-0.2, -0.15) is 0 Å². The number of ether oxygens (including phenoxy) is 4. The van der Waals surface area contributed by atoms with Crippen LogP contribution in [0.2, 0.25) is 0 Å². The van der Waals surface area contributed by atoms with E-state index in [1.807, 2.05) is 31.2 Å². The van der Waals surface area contributed by atoms with E-state index in [0.29, 0.717) is 29.4 Å². The van der Waals surface area contributed by atoms with E-state index < -0.39 is 12.1 Å². The number of para-hydroxylation sites is 1. The number of rotatable bonds is 6. The predicted octanol–water partition coefficient (Wildman–Crippen LogP) is 3.64. The van der Waals surface area contributed by atoms with E-state index in [-0.39, 0.29) is 11.5 Å². The Kier molecular flexibility index (Phi) is 5.45. The zero-order chi connectivity index (χ0) is 19.4. The molecule has 1 aliphatic rings. The first-order chi connectivity index (χ1) is 13.0. The highest BCUT2D eigenvalue weighted by molar-refractivity contribution is 6.14. The third kappa shape index (κ3) is 3.95. The third-order valence-electron chi connectivity index (χ3n) is 3.99. The van der Waals surface area contributed by atoms with Gasteiger partial charge in [-0.15, -0.1) is 0 Å². The number of allylic oxidation sites excluding steroid dienone is 1. The van der Waals surface area contributed by atoms with E-state index in [4.69, 9.17) is 14.2 Å². The Morgan fingerprint density at radius 3 is 2.74 bits per heavy atom. The second-order valence-electron chi connectivity index (χ2n) is 5.85. The average Bonchev–Trinajstić information content (AvgIpc) is 2.97. The molecular formula is C21H20O6. The number of ketones is 1. The van der Waals surface area contributed by atoms with Crippen LogP contribution in [0.25, 0.3) is 6.08 Å². The molecule has 0 radical (unpaired) electrons. The Labute approximate surface area is 157 Å². The number of carbonyl (C=O) groups is 2. The molecule has 0 bridgehead atoms. The van der Waals surface area contributed by atoms with Crippen LogP contribution in [0.15, 0.2) is 48.2 Å². The second-order valence-corrected chi connectivity index (χ2v) is 5.85. The molecule has 6 heteroatoms. The molecular weight excluding hydrogens is 348 g/mol. The van der Waals surface area contributed by atoms with Gasteiger partial charge >= 0.3 is 5.97 Å². The molecule has 3 rings (SSSR count). The fraction of sp³-hybridized carbons (Fsp3) is 0.238. The normalized spacial score (nSPS) is 15.1. The van der Waals surface area contributed by atoms with Gasteiger partial charge in [-0.1, -0.05) is 18.2 Å². The average molecular weight is 368 g/mol. The summed E-state index contributed by atoms with van der Waals surface area (Å²) < 4.78 is 21.5. The monoisotopic (exact) mass is 368 g/mol.